The lowest BCUT2D eigenvalue weighted by Crippen LogP contribution is -2.35. The molecule has 4 rings (SSSR count). The summed E-state index contributed by atoms with van der Waals surface area (Å²) in [4.78, 5) is 8.84. The molecule has 1 atom stereocenters. The summed E-state index contributed by atoms with van der Waals surface area (Å²) in [6.07, 6.45) is 2.70. The summed E-state index contributed by atoms with van der Waals surface area (Å²) in [6.45, 7) is 3.80. The molecule has 1 unspecified atom stereocenters. The lowest BCUT2D eigenvalue weighted by molar-refractivity contribution is -0.137. The SMILES string of the molecule is FC(F)(F)c1ccc2c(N3CCC(N4CC=CC4)C3)ccnc2c1. The first kappa shape index (κ1) is 15.4. The maximum atomic E-state index is 12.9. The summed E-state index contributed by atoms with van der Waals surface area (Å²) in [6, 6.07) is 6.23. The molecule has 2 aromatic rings. The van der Waals surface area contributed by atoms with E-state index in [2.05, 4.69) is 26.9 Å². The summed E-state index contributed by atoms with van der Waals surface area (Å²) in [5.41, 5.74) is 0.721. The smallest absolute Gasteiger partial charge is 0.369 e. The second-order valence-electron chi connectivity index (χ2n) is 6.37. The fourth-order valence-electron chi connectivity index (χ4n) is 3.64. The Balaban J connectivity index is 1.62. The maximum absolute atomic E-state index is 12.9. The van der Waals surface area contributed by atoms with Crippen LogP contribution in [0.2, 0.25) is 0 Å². The Kier molecular flexibility index (Phi) is 3.72. The summed E-state index contributed by atoms with van der Waals surface area (Å²) < 4.78 is 38.7. The molecule has 0 bridgehead atoms. The van der Waals surface area contributed by atoms with Gasteiger partial charge in [0.25, 0.3) is 0 Å². The average molecular weight is 333 g/mol. The van der Waals surface area contributed by atoms with Gasteiger partial charge in [-0.05, 0) is 24.6 Å². The normalized spacial score (nSPS) is 22.0. The predicted molar refractivity (Wildman–Crippen MR) is 88.1 cm³/mol. The van der Waals surface area contributed by atoms with E-state index in [4.69, 9.17) is 0 Å². The third-order valence-corrected chi connectivity index (χ3v) is 4.91. The molecular formula is C18H18F3N3. The Morgan fingerprint density at radius 1 is 1.08 bits per heavy atom. The number of hydrogen-bond donors (Lipinski definition) is 0. The van der Waals surface area contributed by atoms with Crippen molar-refractivity contribution in [2.24, 2.45) is 0 Å². The summed E-state index contributed by atoms with van der Waals surface area (Å²) in [7, 11) is 0. The molecule has 0 aliphatic carbocycles. The Labute approximate surface area is 138 Å². The van der Waals surface area contributed by atoms with Gasteiger partial charge in [-0.25, -0.2) is 0 Å². The Hall–Kier alpha value is -2.08. The van der Waals surface area contributed by atoms with Gasteiger partial charge < -0.3 is 4.90 Å². The number of fused-ring (bicyclic) bond motifs is 1. The molecule has 0 amide bonds. The summed E-state index contributed by atoms with van der Waals surface area (Å²) >= 11 is 0. The number of pyridine rings is 1. The third-order valence-electron chi connectivity index (χ3n) is 4.91. The second-order valence-corrected chi connectivity index (χ2v) is 6.37. The van der Waals surface area contributed by atoms with Crippen molar-refractivity contribution in [2.75, 3.05) is 31.1 Å². The molecule has 126 valence electrons. The third kappa shape index (κ3) is 2.75. The van der Waals surface area contributed by atoms with Gasteiger partial charge in [0.2, 0.25) is 0 Å². The molecule has 6 heteroatoms. The van der Waals surface area contributed by atoms with Gasteiger partial charge in [-0.15, -0.1) is 0 Å². The highest BCUT2D eigenvalue weighted by molar-refractivity contribution is 5.92. The van der Waals surface area contributed by atoms with Gasteiger partial charge in [-0.1, -0.05) is 18.2 Å². The molecule has 2 aliphatic rings. The predicted octanol–water partition coefficient (Wildman–Crippen LogP) is 3.70. The molecule has 0 radical (unpaired) electrons. The van der Waals surface area contributed by atoms with Gasteiger partial charge in [0.05, 0.1) is 11.1 Å². The Morgan fingerprint density at radius 3 is 2.62 bits per heavy atom. The van der Waals surface area contributed by atoms with Crippen molar-refractivity contribution >= 4 is 16.6 Å². The Bertz CT molecular complexity index is 777. The van der Waals surface area contributed by atoms with E-state index in [1.165, 1.54) is 0 Å². The molecule has 2 aliphatic heterocycles. The molecule has 1 aromatic heterocycles. The topological polar surface area (TPSA) is 19.4 Å². The molecule has 0 saturated carbocycles. The van der Waals surface area contributed by atoms with E-state index in [-0.39, 0.29) is 0 Å². The molecule has 1 fully saturated rings. The highest BCUT2D eigenvalue weighted by atomic mass is 19.4. The largest absolute Gasteiger partial charge is 0.416 e. The number of aromatic nitrogens is 1. The van der Waals surface area contributed by atoms with Crippen LogP contribution in [0.3, 0.4) is 0 Å². The molecule has 24 heavy (non-hydrogen) atoms. The molecule has 3 nitrogen and oxygen atoms in total. The molecule has 1 aromatic carbocycles. The molecule has 1 saturated heterocycles. The molecular weight excluding hydrogens is 315 g/mol. The first-order valence-corrected chi connectivity index (χ1v) is 8.12. The highest BCUT2D eigenvalue weighted by Crippen LogP contribution is 2.34. The zero-order valence-electron chi connectivity index (χ0n) is 13.1. The maximum Gasteiger partial charge on any atom is 0.416 e. The van der Waals surface area contributed by atoms with E-state index in [1.807, 2.05) is 6.07 Å². The second kappa shape index (κ2) is 5.77. The van der Waals surface area contributed by atoms with E-state index in [0.717, 1.165) is 55.8 Å². The minimum atomic E-state index is -4.34. The van der Waals surface area contributed by atoms with Crippen molar-refractivity contribution in [1.29, 1.82) is 0 Å². The zero-order valence-corrected chi connectivity index (χ0v) is 13.1. The van der Waals surface area contributed by atoms with Crippen molar-refractivity contribution in [1.82, 2.24) is 9.88 Å². The van der Waals surface area contributed by atoms with E-state index in [9.17, 15) is 13.2 Å². The first-order valence-electron chi connectivity index (χ1n) is 8.12. The van der Waals surface area contributed by atoms with Gasteiger partial charge in [0, 0.05) is 49.5 Å². The summed E-state index contributed by atoms with van der Waals surface area (Å²) in [5, 5.41) is 0.783. The summed E-state index contributed by atoms with van der Waals surface area (Å²) in [5.74, 6) is 0. The number of alkyl halides is 3. The fraction of sp³-hybridized carbons (Fsp3) is 0.389. The van der Waals surface area contributed by atoms with Gasteiger partial charge >= 0.3 is 6.18 Å². The highest BCUT2D eigenvalue weighted by Gasteiger charge is 2.32. The van der Waals surface area contributed by atoms with Crippen molar-refractivity contribution in [3.8, 4) is 0 Å². The van der Waals surface area contributed by atoms with Crippen molar-refractivity contribution < 1.29 is 13.2 Å². The van der Waals surface area contributed by atoms with Crippen LogP contribution in [0.15, 0.2) is 42.6 Å². The minimum Gasteiger partial charge on any atom is -0.369 e. The van der Waals surface area contributed by atoms with Crippen molar-refractivity contribution in [3.63, 3.8) is 0 Å². The number of hydrogen-bond acceptors (Lipinski definition) is 3. The van der Waals surface area contributed by atoms with Crippen LogP contribution in [0.5, 0.6) is 0 Å². The first-order chi connectivity index (χ1) is 11.5. The van der Waals surface area contributed by atoms with Crippen LogP contribution >= 0.6 is 0 Å². The van der Waals surface area contributed by atoms with Crippen LogP contribution in [0.1, 0.15) is 12.0 Å². The number of benzene rings is 1. The van der Waals surface area contributed by atoms with Gasteiger partial charge in [-0.2, -0.15) is 13.2 Å². The van der Waals surface area contributed by atoms with E-state index in [1.54, 1.807) is 12.3 Å². The van der Waals surface area contributed by atoms with Crippen LogP contribution < -0.4 is 4.90 Å². The van der Waals surface area contributed by atoms with Gasteiger partial charge in [0.1, 0.15) is 0 Å². The lowest BCUT2D eigenvalue weighted by Gasteiger charge is -2.25. The number of rotatable bonds is 2. The Morgan fingerprint density at radius 2 is 1.88 bits per heavy atom. The van der Waals surface area contributed by atoms with E-state index < -0.39 is 11.7 Å². The van der Waals surface area contributed by atoms with E-state index in [0.29, 0.717) is 11.6 Å². The van der Waals surface area contributed by atoms with Crippen LogP contribution in [0, 0.1) is 0 Å². The van der Waals surface area contributed by atoms with Gasteiger partial charge in [-0.3, -0.25) is 9.88 Å². The fourth-order valence-corrected chi connectivity index (χ4v) is 3.64. The number of halogens is 3. The van der Waals surface area contributed by atoms with Crippen molar-refractivity contribution in [3.05, 3.63) is 48.2 Å². The number of anilines is 1. The minimum absolute atomic E-state index is 0.397. The standard InChI is InChI=1S/C18H18F3N3/c19-18(20,21)13-3-4-15-16(11-13)22-7-5-17(15)24-10-6-14(12-24)23-8-1-2-9-23/h1-5,7,11,14H,6,8-10,12H2. The molecule has 3 heterocycles. The average Bonchev–Trinajstić information content (AvgIpc) is 3.24. The van der Waals surface area contributed by atoms with Crippen LogP contribution in [0.4, 0.5) is 18.9 Å². The van der Waals surface area contributed by atoms with Crippen LogP contribution in [0.25, 0.3) is 10.9 Å². The van der Waals surface area contributed by atoms with Crippen LogP contribution in [-0.2, 0) is 6.18 Å². The van der Waals surface area contributed by atoms with E-state index >= 15 is 0 Å². The molecule has 0 spiro atoms. The lowest BCUT2D eigenvalue weighted by atomic mass is 10.1. The zero-order chi connectivity index (χ0) is 16.7. The van der Waals surface area contributed by atoms with Crippen molar-refractivity contribution in [2.45, 2.75) is 18.6 Å². The van der Waals surface area contributed by atoms with Gasteiger partial charge in [0.15, 0.2) is 0 Å². The molecule has 0 N–H and O–H groups in total. The number of nitrogens with zero attached hydrogens (tertiary/aromatic N) is 3. The van der Waals surface area contributed by atoms with Crippen LogP contribution in [-0.4, -0.2) is 42.1 Å². The monoisotopic (exact) mass is 333 g/mol. The quantitative estimate of drug-likeness (QED) is 0.781.